The van der Waals surface area contributed by atoms with E-state index in [1.54, 1.807) is 19.1 Å². The molecule has 0 amide bonds. The minimum atomic E-state index is -0.344. The number of ether oxygens (including phenoxy) is 1. The summed E-state index contributed by atoms with van der Waals surface area (Å²) in [5, 5.41) is 9.54. The molecule has 84 valence electrons. The molecule has 1 aromatic carbocycles. The summed E-state index contributed by atoms with van der Waals surface area (Å²) >= 11 is 0. The van der Waals surface area contributed by atoms with Gasteiger partial charge < -0.3 is 9.84 Å². The topological polar surface area (TPSA) is 46.5 Å². The van der Waals surface area contributed by atoms with Crippen LogP contribution in [0.4, 0.5) is 0 Å². The van der Waals surface area contributed by atoms with Gasteiger partial charge in [0.05, 0.1) is 12.2 Å². The first-order chi connectivity index (χ1) is 7.65. The molecule has 16 heavy (non-hydrogen) atoms. The van der Waals surface area contributed by atoms with E-state index in [1.807, 2.05) is 13.0 Å². The molecular weight excluding hydrogens is 204 g/mol. The van der Waals surface area contributed by atoms with Crippen molar-refractivity contribution in [3.8, 4) is 17.6 Å². The van der Waals surface area contributed by atoms with E-state index >= 15 is 0 Å². The maximum Gasteiger partial charge on any atom is 0.317 e. The van der Waals surface area contributed by atoms with Gasteiger partial charge in [-0.3, -0.25) is 4.79 Å². The summed E-state index contributed by atoms with van der Waals surface area (Å²) < 4.78 is 4.74. The molecule has 0 aliphatic heterocycles. The number of rotatable bonds is 2. The van der Waals surface area contributed by atoms with Gasteiger partial charge in [0.25, 0.3) is 0 Å². The third kappa shape index (κ3) is 3.32. The molecule has 0 spiro atoms. The van der Waals surface area contributed by atoms with Crippen molar-refractivity contribution in [2.24, 2.45) is 0 Å². The van der Waals surface area contributed by atoms with Crippen LogP contribution in [0.15, 0.2) is 18.2 Å². The fourth-order valence-electron chi connectivity index (χ4n) is 1.23. The highest BCUT2D eigenvalue weighted by Crippen LogP contribution is 2.18. The van der Waals surface area contributed by atoms with Gasteiger partial charge >= 0.3 is 5.97 Å². The van der Waals surface area contributed by atoms with E-state index in [1.165, 1.54) is 0 Å². The lowest BCUT2D eigenvalue weighted by atomic mass is 10.1. The summed E-state index contributed by atoms with van der Waals surface area (Å²) in [4.78, 5) is 11.0. The van der Waals surface area contributed by atoms with E-state index in [9.17, 15) is 9.90 Å². The zero-order chi connectivity index (χ0) is 12.0. The Labute approximate surface area is 95.1 Å². The number of phenolic OH excluding ortho intramolecular Hbond substituents is 1. The Morgan fingerprint density at radius 3 is 2.88 bits per heavy atom. The molecule has 0 aliphatic carbocycles. The molecule has 0 saturated carbocycles. The van der Waals surface area contributed by atoms with Crippen LogP contribution in [-0.2, 0) is 9.53 Å². The first kappa shape index (κ1) is 12.1. The van der Waals surface area contributed by atoms with Gasteiger partial charge in [-0.05, 0) is 25.5 Å². The van der Waals surface area contributed by atoms with Crippen LogP contribution in [0.2, 0.25) is 0 Å². The number of aromatic hydroxyl groups is 1. The van der Waals surface area contributed by atoms with E-state index in [0.29, 0.717) is 12.2 Å². The number of carbonyl (C=O) groups excluding carboxylic acids is 1. The molecule has 3 heteroatoms. The van der Waals surface area contributed by atoms with Crippen LogP contribution in [0.3, 0.4) is 0 Å². The summed E-state index contributed by atoms with van der Waals surface area (Å²) in [6.07, 6.45) is 0.0433. The van der Waals surface area contributed by atoms with Crippen molar-refractivity contribution in [2.45, 2.75) is 20.3 Å². The quantitative estimate of drug-likeness (QED) is 0.610. The third-order valence-electron chi connectivity index (χ3n) is 2.00. The average molecular weight is 218 g/mol. The molecule has 3 nitrogen and oxygen atoms in total. The van der Waals surface area contributed by atoms with Crippen molar-refractivity contribution >= 4 is 5.97 Å². The van der Waals surface area contributed by atoms with Crippen molar-refractivity contribution in [3.05, 3.63) is 29.3 Å². The molecular formula is C13H14O3. The van der Waals surface area contributed by atoms with Crippen LogP contribution < -0.4 is 0 Å². The molecule has 0 atom stereocenters. The number of esters is 1. The van der Waals surface area contributed by atoms with Gasteiger partial charge in [0.2, 0.25) is 0 Å². The number of hydrogen-bond donors (Lipinski definition) is 1. The second-order valence-corrected chi connectivity index (χ2v) is 3.25. The monoisotopic (exact) mass is 218 g/mol. The zero-order valence-electron chi connectivity index (χ0n) is 9.41. The van der Waals surface area contributed by atoms with Crippen LogP contribution in [-0.4, -0.2) is 17.7 Å². The lowest BCUT2D eigenvalue weighted by Crippen LogP contribution is -2.01. The second-order valence-electron chi connectivity index (χ2n) is 3.25. The normalized spacial score (nSPS) is 9.12. The van der Waals surface area contributed by atoms with Gasteiger partial charge in [-0.15, -0.1) is 0 Å². The number of carbonyl (C=O) groups is 1. The standard InChI is InChI=1S/C13H14O3/c1-3-16-13(15)9-5-7-11-10(2)6-4-8-12(11)14/h4,6,8,14H,3,9H2,1-2H3. The smallest absolute Gasteiger partial charge is 0.317 e. The average Bonchev–Trinajstić information content (AvgIpc) is 2.23. The highest BCUT2D eigenvalue weighted by molar-refractivity contribution is 5.72. The molecule has 1 rings (SSSR count). The lowest BCUT2D eigenvalue weighted by Gasteiger charge is -2.00. The first-order valence-electron chi connectivity index (χ1n) is 5.08. The van der Waals surface area contributed by atoms with E-state index in [4.69, 9.17) is 4.74 Å². The highest BCUT2D eigenvalue weighted by Gasteiger charge is 2.01. The van der Waals surface area contributed by atoms with E-state index < -0.39 is 0 Å². The second kappa shape index (κ2) is 5.82. The van der Waals surface area contributed by atoms with Gasteiger partial charge in [0, 0.05) is 0 Å². The summed E-state index contributed by atoms with van der Waals surface area (Å²) in [7, 11) is 0. The van der Waals surface area contributed by atoms with Crippen molar-refractivity contribution in [1.29, 1.82) is 0 Å². The maximum absolute atomic E-state index is 11.0. The molecule has 0 bridgehead atoms. The van der Waals surface area contributed by atoms with E-state index in [2.05, 4.69) is 11.8 Å². The summed E-state index contributed by atoms with van der Waals surface area (Å²) in [6, 6.07) is 5.18. The van der Waals surface area contributed by atoms with Crippen LogP contribution in [0.1, 0.15) is 24.5 Å². The first-order valence-corrected chi connectivity index (χ1v) is 5.08. The Bertz CT molecular complexity index is 418. The number of phenols is 1. The largest absolute Gasteiger partial charge is 0.507 e. The molecule has 0 unspecified atom stereocenters. The van der Waals surface area contributed by atoms with E-state index in [-0.39, 0.29) is 18.1 Å². The fourth-order valence-corrected chi connectivity index (χ4v) is 1.23. The SMILES string of the molecule is CCOC(=O)CC#Cc1c(C)cccc1O. The summed E-state index contributed by atoms with van der Waals surface area (Å²) in [6.45, 7) is 3.96. The van der Waals surface area contributed by atoms with Crippen LogP contribution in [0.25, 0.3) is 0 Å². The summed E-state index contributed by atoms with van der Waals surface area (Å²) in [5.41, 5.74) is 1.45. The Morgan fingerprint density at radius 2 is 2.25 bits per heavy atom. The van der Waals surface area contributed by atoms with Crippen LogP contribution in [0, 0.1) is 18.8 Å². The fraction of sp³-hybridized carbons (Fsp3) is 0.308. The molecule has 0 aliphatic rings. The summed E-state index contributed by atoms with van der Waals surface area (Å²) in [5.74, 6) is 5.24. The molecule has 0 heterocycles. The van der Waals surface area contributed by atoms with Crippen molar-refractivity contribution in [2.75, 3.05) is 6.61 Å². The molecule has 1 aromatic rings. The predicted octanol–water partition coefficient (Wildman–Crippen LogP) is 2.01. The zero-order valence-corrected chi connectivity index (χ0v) is 9.41. The van der Waals surface area contributed by atoms with Crippen molar-refractivity contribution in [1.82, 2.24) is 0 Å². The van der Waals surface area contributed by atoms with Gasteiger partial charge in [-0.2, -0.15) is 0 Å². The number of hydrogen-bond acceptors (Lipinski definition) is 3. The highest BCUT2D eigenvalue weighted by atomic mass is 16.5. The Hall–Kier alpha value is -1.95. The van der Waals surface area contributed by atoms with Crippen molar-refractivity contribution < 1.29 is 14.6 Å². The number of benzene rings is 1. The number of aryl methyl sites for hydroxylation is 1. The minimum absolute atomic E-state index is 0.0433. The van der Waals surface area contributed by atoms with Gasteiger partial charge in [0.1, 0.15) is 12.2 Å². The van der Waals surface area contributed by atoms with Crippen LogP contribution >= 0.6 is 0 Å². The van der Waals surface area contributed by atoms with Gasteiger partial charge in [-0.25, -0.2) is 0 Å². The molecule has 0 fully saturated rings. The van der Waals surface area contributed by atoms with Gasteiger partial charge in [-0.1, -0.05) is 24.0 Å². The third-order valence-corrected chi connectivity index (χ3v) is 2.00. The Kier molecular flexibility index (Phi) is 4.41. The van der Waals surface area contributed by atoms with E-state index in [0.717, 1.165) is 5.56 Å². The molecule has 0 saturated heterocycles. The van der Waals surface area contributed by atoms with Crippen LogP contribution in [0.5, 0.6) is 5.75 Å². The Balaban J connectivity index is 2.74. The maximum atomic E-state index is 11.0. The van der Waals surface area contributed by atoms with Gasteiger partial charge in [0.15, 0.2) is 0 Å². The Morgan fingerprint density at radius 1 is 1.50 bits per heavy atom. The molecule has 0 radical (unpaired) electrons. The predicted molar refractivity (Wildman–Crippen MR) is 61.0 cm³/mol. The molecule has 0 aromatic heterocycles. The lowest BCUT2D eigenvalue weighted by molar-refractivity contribution is -0.141. The minimum Gasteiger partial charge on any atom is -0.507 e. The molecule has 1 N–H and O–H groups in total. The van der Waals surface area contributed by atoms with Crippen molar-refractivity contribution in [3.63, 3.8) is 0 Å².